The molecule has 2 aromatic rings. The van der Waals surface area contributed by atoms with Gasteiger partial charge in [0.1, 0.15) is 0 Å². The molecule has 160 valence electrons. The third kappa shape index (κ3) is 3.91. The number of nitrogens with zero attached hydrogens (tertiary/aromatic N) is 2. The maximum atomic E-state index is 14.0. The first-order valence-corrected chi connectivity index (χ1v) is 8.64. The minimum absolute atomic E-state index is 0.126. The average Bonchev–Trinajstić information content (AvgIpc) is 3.06. The second kappa shape index (κ2) is 7.31. The van der Waals surface area contributed by atoms with Gasteiger partial charge < -0.3 is 4.84 Å². The van der Waals surface area contributed by atoms with Crippen LogP contribution in [0.4, 0.5) is 32.0 Å². The van der Waals surface area contributed by atoms with Gasteiger partial charge in [-0.3, -0.25) is 10.1 Å². The van der Waals surface area contributed by atoms with E-state index in [1.54, 1.807) is 0 Å². The predicted molar refractivity (Wildman–Crippen MR) is 94.5 cm³/mol. The molecule has 0 saturated heterocycles. The topological polar surface area (TPSA) is 64.7 Å². The summed E-state index contributed by atoms with van der Waals surface area (Å²) in [4.78, 5) is 14.8. The number of oxime groups is 1. The zero-order valence-electron chi connectivity index (χ0n) is 14.3. The van der Waals surface area contributed by atoms with Crippen LogP contribution in [-0.4, -0.2) is 16.8 Å². The molecule has 0 radical (unpaired) electrons. The summed E-state index contributed by atoms with van der Waals surface area (Å²) in [6, 6.07) is 4.49. The van der Waals surface area contributed by atoms with E-state index in [2.05, 4.69) is 5.16 Å². The lowest BCUT2D eigenvalue weighted by Crippen LogP contribution is -2.42. The molecule has 3 rings (SSSR count). The summed E-state index contributed by atoms with van der Waals surface area (Å²) in [5, 5.41) is 14.3. The van der Waals surface area contributed by atoms with Gasteiger partial charge in [0.2, 0.25) is 0 Å². The van der Waals surface area contributed by atoms with Crippen LogP contribution in [0.5, 0.6) is 0 Å². The Morgan fingerprint density at radius 1 is 1.03 bits per heavy atom. The number of benzene rings is 2. The van der Waals surface area contributed by atoms with Gasteiger partial charge in [0, 0.05) is 21.7 Å². The Hall–Kier alpha value is -2.53. The van der Waals surface area contributed by atoms with E-state index in [1.807, 2.05) is 0 Å². The molecule has 1 heterocycles. The molecule has 13 heteroatoms. The number of nitro groups is 1. The van der Waals surface area contributed by atoms with Crippen molar-refractivity contribution >= 4 is 34.6 Å². The average molecular weight is 473 g/mol. The highest BCUT2D eigenvalue weighted by atomic mass is 35.5. The van der Waals surface area contributed by atoms with E-state index in [-0.39, 0.29) is 16.1 Å². The molecule has 0 bridgehead atoms. The highest BCUT2D eigenvalue weighted by Crippen LogP contribution is 2.50. The molecule has 1 atom stereocenters. The summed E-state index contributed by atoms with van der Waals surface area (Å²) in [7, 11) is 0. The van der Waals surface area contributed by atoms with Crippen LogP contribution in [0.1, 0.15) is 23.1 Å². The van der Waals surface area contributed by atoms with Crippen LogP contribution in [-0.2, 0) is 16.6 Å². The zero-order chi connectivity index (χ0) is 22.5. The van der Waals surface area contributed by atoms with Gasteiger partial charge in [-0.15, -0.1) is 0 Å². The van der Waals surface area contributed by atoms with E-state index in [0.717, 1.165) is 12.1 Å². The third-order valence-corrected chi connectivity index (χ3v) is 4.78. The molecular formula is C17H8Cl2F6N2O3. The van der Waals surface area contributed by atoms with Gasteiger partial charge in [-0.05, 0) is 30.3 Å². The maximum Gasteiger partial charge on any atom is 0.435 e. The standard InChI is InChI=1S/C17H8Cl2F6N2O3/c18-10-3-9(4-11(19)6-10)15(17(23,24)25)7-13(26-30-15)12-2-1-8(16(20,21)22)5-14(12)27(28)29/h1-6H,7H2. The lowest BCUT2D eigenvalue weighted by atomic mass is 9.86. The monoisotopic (exact) mass is 472 g/mol. The van der Waals surface area contributed by atoms with E-state index in [4.69, 9.17) is 28.0 Å². The Bertz CT molecular complexity index is 1030. The molecular weight excluding hydrogens is 465 g/mol. The van der Waals surface area contributed by atoms with Crippen LogP contribution >= 0.6 is 23.2 Å². The normalized spacial score (nSPS) is 19.4. The van der Waals surface area contributed by atoms with Crippen LogP contribution in [0.2, 0.25) is 10.0 Å². The molecule has 1 unspecified atom stereocenters. The molecule has 0 fully saturated rings. The van der Waals surface area contributed by atoms with Crippen LogP contribution in [0.3, 0.4) is 0 Å². The van der Waals surface area contributed by atoms with Crippen molar-refractivity contribution in [3.63, 3.8) is 0 Å². The van der Waals surface area contributed by atoms with Crippen molar-refractivity contribution in [3.05, 3.63) is 73.2 Å². The molecule has 0 aromatic heterocycles. The zero-order valence-corrected chi connectivity index (χ0v) is 15.8. The van der Waals surface area contributed by atoms with Gasteiger partial charge >= 0.3 is 12.4 Å². The van der Waals surface area contributed by atoms with Crippen molar-refractivity contribution < 1.29 is 36.1 Å². The van der Waals surface area contributed by atoms with E-state index < -0.39 is 57.4 Å². The number of halogens is 8. The third-order valence-electron chi connectivity index (χ3n) is 4.35. The van der Waals surface area contributed by atoms with E-state index in [9.17, 15) is 36.5 Å². The van der Waals surface area contributed by atoms with Crippen LogP contribution in [0.15, 0.2) is 41.6 Å². The Morgan fingerprint density at radius 3 is 2.13 bits per heavy atom. The first kappa shape index (κ1) is 22.2. The lowest BCUT2D eigenvalue weighted by molar-refractivity contribution is -0.385. The van der Waals surface area contributed by atoms with Crippen molar-refractivity contribution in [2.75, 3.05) is 0 Å². The van der Waals surface area contributed by atoms with Crippen LogP contribution in [0.25, 0.3) is 0 Å². The molecule has 0 saturated carbocycles. The molecule has 0 N–H and O–H groups in total. The number of alkyl halides is 6. The Labute approximate surface area is 174 Å². The fourth-order valence-electron chi connectivity index (χ4n) is 2.94. The first-order chi connectivity index (χ1) is 13.7. The molecule has 30 heavy (non-hydrogen) atoms. The summed E-state index contributed by atoms with van der Waals surface area (Å²) in [6.07, 6.45) is -11.0. The summed E-state index contributed by atoms with van der Waals surface area (Å²) in [6.45, 7) is 0. The summed E-state index contributed by atoms with van der Waals surface area (Å²) >= 11 is 11.6. The molecule has 1 aliphatic rings. The fourth-order valence-corrected chi connectivity index (χ4v) is 3.46. The van der Waals surface area contributed by atoms with Crippen molar-refractivity contribution in [3.8, 4) is 0 Å². The predicted octanol–water partition coefficient (Wildman–Crippen LogP) is 6.50. The molecule has 0 aliphatic carbocycles. The molecule has 2 aromatic carbocycles. The minimum atomic E-state index is -5.06. The van der Waals surface area contributed by atoms with Crippen molar-refractivity contribution in [2.24, 2.45) is 5.16 Å². The maximum absolute atomic E-state index is 14.0. The first-order valence-electron chi connectivity index (χ1n) is 7.89. The van der Waals surface area contributed by atoms with Crippen molar-refractivity contribution in [1.29, 1.82) is 0 Å². The Kier molecular flexibility index (Phi) is 5.40. The van der Waals surface area contributed by atoms with Crippen molar-refractivity contribution in [2.45, 2.75) is 24.4 Å². The van der Waals surface area contributed by atoms with Gasteiger partial charge in [-0.1, -0.05) is 28.4 Å². The quantitative estimate of drug-likeness (QED) is 0.290. The van der Waals surface area contributed by atoms with E-state index in [1.165, 1.54) is 6.07 Å². The van der Waals surface area contributed by atoms with E-state index in [0.29, 0.717) is 12.1 Å². The highest BCUT2D eigenvalue weighted by Gasteiger charge is 2.62. The van der Waals surface area contributed by atoms with Crippen LogP contribution in [0, 0.1) is 10.1 Å². The van der Waals surface area contributed by atoms with Gasteiger partial charge in [-0.25, -0.2) is 0 Å². The van der Waals surface area contributed by atoms with Gasteiger partial charge in [0.15, 0.2) is 0 Å². The van der Waals surface area contributed by atoms with Crippen LogP contribution < -0.4 is 0 Å². The fraction of sp³-hybridized carbons (Fsp3) is 0.235. The number of rotatable bonds is 3. The number of hydrogen-bond acceptors (Lipinski definition) is 4. The SMILES string of the molecule is O=[N+]([O-])c1cc(C(F)(F)F)ccc1C1=NOC(c2cc(Cl)cc(Cl)c2)(C(F)(F)F)C1. The summed E-state index contributed by atoms with van der Waals surface area (Å²) < 4.78 is 80.5. The van der Waals surface area contributed by atoms with Gasteiger partial charge in [-0.2, -0.15) is 26.3 Å². The molecule has 0 spiro atoms. The smallest absolute Gasteiger partial charge is 0.374 e. The van der Waals surface area contributed by atoms with E-state index >= 15 is 0 Å². The molecule has 5 nitrogen and oxygen atoms in total. The summed E-state index contributed by atoms with van der Waals surface area (Å²) in [5.74, 6) is 0. The Balaban J connectivity index is 2.10. The number of hydrogen-bond donors (Lipinski definition) is 0. The minimum Gasteiger partial charge on any atom is -0.374 e. The Morgan fingerprint density at radius 2 is 1.63 bits per heavy atom. The van der Waals surface area contributed by atoms with Gasteiger partial charge in [0.05, 0.1) is 28.2 Å². The molecule has 0 amide bonds. The lowest BCUT2D eigenvalue weighted by Gasteiger charge is -2.29. The second-order valence-corrected chi connectivity index (χ2v) is 7.15. The van der Waals surface area contributed by atoms with Gasteiger partial charge in [0.25, 0.3) is 11.3 Å². The largest absolute Gasteiger partial charge is 0.435 e. The van der Waals surface area contributed by atoms with Crippen molar-refractivity contribution in [1.82, 2.24) is 0 Å². The summed E-state index contributed by atoms with van der Waals surface area (Å²) in [5.41, 5.74) is -7.07. The number of nitro benzene ring substituents is 1. The second-order valence-electron chi connectivity index (χ2n) is 6.28. The molecule has 1 aliphatic heterocycles. The highest BCUT2D eigenvalue weighted by molar-refractivity contribution is 6.34.